The molecule has 192 valence electrons. The van der Waals surface area contributed by atoms with Crippen molar-refractivity contribution >= 4 is 5.91 Å². The van der Waals surface area contributed by atoms with E-state index in [1.807, 2.05) is 24.3 Å². The Labute approximate surface area is 214 Å². The quantitative estimate of drug-likeness (QED) is 0.221. The Hall–Kier alpha value is -3.19. The molecular weight excluding hydrogens is 452 g/mol. The minimum Gasteiger partial charge on any atom is -0.508 e. The zero-order valence-electron chi connectivity index (χ0n) is 21.0. The molecule has 0 bridgehead atoms. The third-order valence-corrected chi connectivity index (χ3v) is 6.30. The summed E-state index contributed by atoms with van der Waals surface area (Å²) >= 11 is 0. The van der Waals surface area contributed by atoms with E-state index >= 15 is 0 Å². The van der Waals surface area contributed by atoms with Crippen molar-refractivity contribution in [3.63, 3.8) is 0 Å². The van der Waals surface area contributed by atoms with Crippen LogP contribution in [-0.4, -0.2) is 40.4 Å². The predicted molar refractivity (Wildman–Crippen MR) is 143 cm³/mol. The first-order valence-corrected chi connectivity index (χ1v) is 12.7. The molecule has 2 atom stereocenters. The highest BCUT2D eigenvalue weighted by Gasteiger charge is 2.12. The largest absolute Gasteiger partial charge is 0.508 e. The molecule has 0 aliphatic carbocycles. The molecule has 0 aliphatic rings. The van der Waals surface area contributed by atoms with Gasteiger partial charge in [-0.1, -0.05) is 60.7 Å². The Balaban J connectivity index is 1.37. The number of carbonyl (C=O) groups is 1. The molecule has 3 aromatic carbocycles. The average Bonchev–Trinajstić information content (AvgIpc) is 2.89. The molecule has 1 amide bonds. The molecule has 5 N–H and O–H groups in total. The third-order valence-electron chi connectivity index (χ3n) is 6.30. The topological polar surface area (TPSA) is 102 Å². The number of rotatable bonds is 14. The van der Waals surface area contributed by atoms with E-state index in [2.05, 4.69) is 47.9 Å². The van der Waals surface area contributed by atoms with Crippen molar-refractivity contribution in [2.24, 2.45) is 0 Å². The van der Waals surface area contributed by atoms with Gasteiger partial charge in [0.1, 0.15) is 5.75 Å². The fourth-order valence-electron chi connectivity index (χ4n) is 4.22. The lowest BCUT2D eigenvalue weighted by atomic mass is 10.0. The smallest absolute Gasteiger partial charge is 0.220 e. The van der Waals surface area contributed by atoms with Gasteiger partial charge in [-0.15, -0.1) is 0 Å². The maximum Gasteiger partial charge on any atom is 0.220 e. The van der Waals surface area contributed by atoms with Crippen LogP contribution in [0, 0.1) is 0 Å². The van der Waals surface area contributed by atoms with Crippen LogP contribution in [0.4, 0.5) is 0 Å². The molecule has 36 heavy (non-hydrogen) atoms. The Morgan fingerprint density at radius 3 is 2.44 bits per heavy atom. The second kappa shape index (κ2) is 14.4. The Bertz CT molecular complexity index is 1090. The molecule has 6 heteroatoms. The summed E-state index contributed by atoms with van der Waals surface area (Å²) in [6.45, 7) is 2.84. The molecule has 0 aromatic heterocycles. The van der Waals surface area contributed by atoms with Gasteiger partial charge in [0.15, 0.2) is 0 Å². The molecule has 0 heterocycles. The van der Waals surface area contributed by atoms with Crippen molar-refractivity contribution in [1.29, 1.82) is 0 Å². The van der Waals surface area contributed by atoms with Gasteiger partial charge in [0, 0.05) is 31.1 Å². The van der Waals surface area contributed by atoms with Crippen molar-refractivity contribution in [2.75, 3.05) is 13.1 Å². The number of hydrogen-bond acceptors (Lipinski definition) is 5. The molecule has 0 saturated heterocycles. The molecule has 0 aliphatic heterocycles. The molecule has 0 fully saturated rings. The number of phenols is 1. The van der Waals surface area contributed by atoms with E-state index in [1.165, 1.54) is 17.2 Å². The van der Waals surface area contributed by atoms with Gasteiger partial charge in [-0.25, -0.2) is 0 Å². The maximum absolute atomic E-state index is 12.2. The van der Waals surface area contributed by atoms with Crippen LogP contribution in [0.15, 0.2) is 72.8 Å². The third kappa shape index (κ3) is 9.11. The number of aromatic hydroxyl groups is 1. The first-order chi connectivity index (χ1) is 17.4. The van der Waals surface area contributed by atoms with Gasteiger partial charge in [-0.2, -0.15) is 0 Å². The van der Waals surface area contributed by atoms with Gasteiger partial charge in [0.05, 0.1) is 12.7 Å². The van der Waals surface area contributed by atoms with Gasteiger partial charge >= 0.3 is 0 Å². The Morgan fingerprint density at radius 1 is 0.917 bits per heavy atom. The minimum atomic E-state index is -0.740. The van der Waals surface area contributed by atoms with Crippen molar-refractivity contribution in [3.05, 3.63) is 101 Å². The fourth-order valence-corrected chi connectivity index (χ4v) is 4.22. The maximum atomic E-state index is 12.2. The number of aliphatic hydroxyl groups is 2. The highest BCUT2D eigenvalue weighted by molar-refractivity contribution is 5.76. The summed E-state index contributed by atoms with van der Waals surface area (Å²) in [5.74, 6) is 0.103. The standard InChI is InChI=1S/C30H38N2O4/c1-22(32-20-29(35)26-13-14-28(34)27(19-26)21-33)17-25-10-5-9-24(18-25)12-15-30(36)31-16-6-11-23-7-3-2-4-8-23/h2-5,7-10,13-14,18-19,22,29,32-35H,6,11-12,15-17,20-21H2,1H3,(H,31,36)/t22-,29+/m1/s1. The van der Waals surface area contributed by atoms with Crippen LogP contribution < -0.4 is 10.6 Å². The van der Waals surface area contributed by atoms with Gasteiger partial charge in [-0.3, -0.25) is 4.79 Å². The van der Waals surface area contributed by atoms with Gasteiger partial charge < -0.3 is 26.0 Å². The van der Waals surface area contributed by atoms with E-state index in [9.17, 15) is 20.1 Å². The molecular formula is C30H38N2O4. The normalized spacial score (nSPS) is 12.8. The van der Waals surface area contributed by atoms with E-state index < -0.39 is 6.10 Å². The highest BCUT2D eigenvalue weighted by atomic mass is 16.3. The summed E-state index contributed by atoms with van der Waals surface area (Å²) in [4.78, 5) is 12.2. The van der Waals surface area contributed by atoms with Crippen molar-refractivity contribution < 1.29 is 20.1 Å². The summed E-state index contributed by atoms with van der Waals surface area (Å²) in [6.07, 6.45) is 3.12. The molecule has 0 spiro atoms. The summed E-state index contributed by atoms with van der Waals surface area (Å²) in [7, 11) is 0. The number of aliphatic hydroxyl groups excluding tert-OH is 2. The summed E-state index contributed by atoms with van der Waals surface area (Å²) in [5.41, 5.74) is 4.66. The zero-order valence-corrected chi connectivity index (χ0v) is 21.0. The van der Waals surface area contributed by atoms with Crippen molar-refractivity contribution in [3.8, 4) is 5.75 Å². The summed E-state index contributed by atoms with van der Waals surface area (Å²) < 4.78 is 0. The number of amides is 1. The van der Waals surface area contributed by atoms with Gasteiger partial charge in [0.25, 0.3) is 0 Å². The van der Waals surface area contributed by atoms with Crippen LogP contribution in [0.3, 0.4) is 0 Å². The lowest BCUT2D eigenvalue weighted by Crippen LogP contribution is -2.32. The molecule has 0 saturated carbocycles. The molecule has 0 radical (unpaired) electrons. The number of nitrogens with one attached hydrogen (secondary N) is 2. The Kier molecular flexibility index (Phi) is 11.0. The zero-order chi connectivity index (χ0) is 25.8. The van der Waals surface area contributed by atoms with E-state index in [0.717, 1.165) is 24.8 Å². The Morgan fingerprint density at radius 2 is 1.67 bits per heavy atom. The van der Waals surface area contributed by atoms with Crippen molar-refractivity contribution in [2.45, 2.75) is 57.8 Å². The first-order valence-electron chi connectivity index (χ1n) is 12.7. The highest BCUT2D eigenvalue weighted by Crippen LogP contribution is 2.22. The monoisotopic (exact) mass is 490 g/mol. The van der Waals surface area contributed by atoms with Crippen LogP contribution in [0.1, 0.15) is 53.7 Å². The van der Waals surface area contributed by atoms with E-state index in [4.69, 9.17) is 0 Å². The molecule has 6 nitrogen and oxygen atoms in total. The second-order valence-corrected chi connectivity index (χ2v) is 9.33. The average molecular weight is 491 g/mol. The molecule has 3 aromatic rings. The van der Waals surface area contributed by atoms with Crippen LogP contribution in [-0.2, 0) is 30.7 Å². The van der Waals surface area contributed by atoms with Crippen LogP contribution in [0.5, 0.6) is 5.75 Å². The molecule has 3 rings (SSSR count). The first kappa shape index (κ1) is 27.4. The van der Waals surface area contributed by atoms with E-state index in [1.54, 1.807) is 12.1 Å². The van der Waals surface area contributed by atoms with Gasteiger partial charge in [-0.05, 0) is 67.0 Å². The minimum absolute atomic E-state index is 0.0233. The van der Waals surface area contributed by atoms with E-state index in [-0.39, 0.29) is 24.3 Å². The van der Waals surface area contributed by atoms with Crippen LogP contribution in [0.2, 0.25) is 0 Å². The summed E-state index contributed by atoms with van der Waals surface area (Å²) in [5, 5.41) is 35.9. The molecule has 0 unspecified atom stereocenters. The van der Waals surface area contributed by atoms with E-state index in [0.29, 0.717) is 37.1 Å². The SMILES string of the molecule is C[C@H](Cc1cccc(CCC(=O)NCCCc2ccccc2)c1)NC[C@H](O)c1ccc(O)c(CO)c1. The predicted octanol–water partition coefficient (Wildman–Crippen LogP) is 3.82. The van der Waals surface area contributed by atoms with Crippen molar-refractivity contribution in [1.82, 2.24) is 10.6 Å². The van der Waals surface area contributed by atoms with Crippen LogP contribution >= 0.6 is 0 Å². The lowest BCUT2D eigenvalue weighted by molar-refractivity contribution is -0.121. The van der Waals surface area contributed by atoms with Crippen LogP contribution in [0.25, 0.3) is 0 Å². The number of hydrogen-bond donors (Lipinski definition) is 5. The second-order valence-electron chi connectivity index (χ2n) is 9.33. The number of benzene rings is 3. The number of aryl methyl sites for hydroxylation is 2. The fraction of sp³-hybridized carbons (Fsp3) is 0.367. The van der Waals surface area contributed by atoms with Gasteiger partial charge in [0.2, 0.25) is 5.91 Å². The summed E-state index contributed by atoms with van der Waals surface area (Å²) in [6, 6.07) is 23.5. The number of carbonyl (C=O) groups excluding carboxylic acids is 1. The lowest BCUT2D eigenvalue weighted by Gasteiger charge is -2.18.